The van der Waals surface area contributed by atoms with Gasteiger partial charge in [0.2, 0.25) is 0 Å². The minimum Gasteiger partial charge on any atom is -0.207 e. The quantitative estimate of drug-likeness (QED) is 0.496. The largest absolute Gasteiger partial charge is 0.207 e. The lowest BCUT2D eigenvalue weighted by Crippen LogP contribution is -1.84. The average molecular weight is 123 g/mol. The summed E-state index contributed by atoms with van der Waals surface area (Å²) >= 11 is 0. The Bertz CT molecular complexity index is 196. The van der Waals surface area contributed by atoms with Gasteiger partial charge in [-0.3, -0.25) is 0 Å². The second kappa shape index (κ2) is 2.18. The van der Waals surface area contributed by atoms with Crippen LogP contribution in [0.15, 0.2) is 18.2 Å². The molecule has 0 saturated heterocycles. The van der Waals surface area contributed by atoms with E-state index in [-0.39, 0.29) is 5.82 Å². The molecule has 0 spiro atoms. The van der Waals surface area contributed by atoms with Crippen molar-refractivity contribution in [3.8, 4) is 0 Å². The molecule has 0 N–H and O–H groups in total. The van der Waals surface area contributed by atoms with Crippen molar-refractivity contribution in [3.63, 3.8) is 0 Å². The van der Waals surface area contributed by atoms with E-state index in [2.05, 4.69) is 6.92 Å². The van der Waals surface area contributed by atoms with Gasteiger partial charge >= 0.3 is 0 Å². The summed E-state index contributed by atoms with van der Waals surface area (Å²) in [6, 6.07) is 4.88. The first-order chi connectivity index (χ1) is 4.22. The predicted octanol–water partition coefficient (Wildman–Crippen LogP) is 2.32. The Morgan fingerprint density at radius 1 is 1.44 bits per heavy atom. The van der Waals surface area contributed by atoms with Gasteiger partial charge in [-0.25, -0.2) is 4.39 Å². The summed E-state index contributed by atoms with van der Waals surface area (Å²) in [7, 11) is 0. The van der Waals surface area contributed by atoms with E-state index in [1.54, 1.807) is 19.1 Å². The SMILES string of the molecule is [CH2]c1cccc(F)c1C. The van der Waals surface area contributed by atoms with Crippen molar-refractivity contribution < 1.29 is 4.39 Å². The topological polar surface area (TPSA) is 0 Å². The monoisotopic (exact) mass is 123 g/mol. The average Bonchev–Trinajstić information content (AvgIpc) is 1.83. The van der Waals surface area contributed by atoms with Crippen LogP contribution >= 0.6 is 0 Å². The zero-order chi connectivity index (χ0) is 6.85. The van der Waals surface area contributed by atoms with Gasteiger partial charge in [-0.1, -0.05) is 12.1 Å². The summed E-state index contributed by atoms with van der Waals surface area (Å²) in [6.07, 6.45) is 0. The van der Waals surface area contributed by atoms with E-state index in [4.69, 9.17) is 0 Å². The zero-order valence-corrected chi connectivity index (χ0v) is 5.32. The Labute approximate surface area is 54.3 Å². The minimum absolute atomic E-state index is 0.178. The highest BCUT2D eigenvalue weighted by Crippen LogP contribution is 2.09. The van der Waals surface area contributed by atoms with Crippen LogP contribution in [0.4, 0.5) is 4.39 Å². The Morgan fingerprint density at radius 3 is 2.56 bits per heavy atom. The Balaban J connectivity index is 3.25. The molecule has 0 atom stereocenters. The van der Waals surface area contributed by atoms with Gasteiger partial charge in [0.15, 0.2) is 0 Å². The predicted molar refractivity (Wildman–Crippen MR) is 35.6 cm³/mol. The smallest absolute Gasteiger partial charge is 0.126 e. The minimum atomic E-state index is -0.178. The Kier molecular flexibility index (Phi) is 1.52. The van der Waals surface area contributed by atoms with E-state index in [9.17, 15) is 4.39 Å². The molecule has 0 amide bonds. The number of hydrogen-bond acceptors (Lipinski definition) is 0. The fourth-order valence-corrected chi connectivity index (χ4v) is 0.652. The van der Waals surface area contributed by atoms with Gasteiger partial charge in [-0.05, 0) is 31.0 Å². The van der Waals surface area contributed by atoms with Crippen molar-refractivity contribution in [2.24, 2.45) is 0 Å². The van der Waals surface area contributed by atoms with E-state index in [1.165, 1.54) is 6.07 Å². The molecule has 1 rings (SSSR count). The van der Waals surface area contributed by atoms with Gasteiger partial charge in [0, 0.05) is 0 Å². The summed E-state index contributed by atoms with van der Waals surface area (Å²) in [5.74, 6) is -0.178. The van der Waals surface area contributed by atoms with Crippen molar-refractivity contribution in [2.75, 3.05) is 0 Å². The van der Waals surface area contributed by atoms with E-state index >= 15 is 0 Å². The molecule has 1 aromatic rings. The molecular formula is C8H8F. The highest BCUT2D eigenvalue weighted by molar-refractivity contribution is 5.28. The first kappa shape index (κ1) is 6.27. The van der Waals surface area contributed by atoms with Gasteiger partial charge < -0.3 is 0 Å². The summed E-state index contributed by atoms with van der Waals surface area (Å²) in [4.78, 5) is 0. The first-order valence-electron chi connectivity index (χ1n) is 2.79. The lowest BCUT2D eigenvalue weighted by Gasteiger charge is -1.97. The molecule has 0 unspecified atom stereocenters. The summed E-state index contributed by atoms with van der Waals surface area (Å²) < 4.78 is 12.5. The van der Waals surface area contributed by atoms with Crippen molar-refractivity contribution in [1.82, 2.24) is 0 Å². The molecule has 1 radical (unpaired) electrons. The number of halogens is 1. The van der Waals surface area contributed by atoms with Crippen molar-refractivity contribution >= 4 is 0 Å². The maximum Gasteiger partial charge on any atom is 0.126 e. The second-order valence-corrected chi connectivity index (χ2v) is 2.02. The number of benzene rings is 1. The maximum atomic E-state index is 12.5. The van der Waals surface area contributed by atoms with Crippen LogP contribution in [0.5, 0.6) is 0 Å². The van der Waals surface area contributed by atoms with Crippen molar-refractivity contribution in [3.05, 3.63) is 42.1 Å². The third-order valence-electron chi connectivity index (χ3n) is 1.38. The van der Waals surface area contributed by atoms with Crippen LogP contribution in [0, 0.1) is 19.7 Å². The van der Waals surface area contributed by atoms with Gasteiger partial charge in [-0.2, -0.15) is 0 Å². The van der Waals surface area contributed by atoms with Gasteiger partial charge in [0.05, 0.1) is 0 Å². The lowest BCUT2D eigenvalue weighted by atomic mass is 10.1. The molecule has 0 fully saturated rings. The highest BCUT2D eigenvalue weighted by Gasteiger charge is 1.95. The van der Waals surface area contributed by atoms with Gasteiger partial charge in [-0.15, -0.1) is 0 Å². The zero-order valence-electron chi connectivity index (χ0n) is 5.32. The van der Waals surface area contributed by atoms with Crippen LogP contribution in [0.1, 0.15) is 11.1 Å². The molecule has 1 heteroatoms. The molecule has 0 aliphatic heterocycles. The summed E-state index contributed by atoms with van der Waals surface area (Å²) in [6.45, 7) is 5.36. The fourth-order valence-electron chi connectivity index (χ4n) is 0.652. The van der Waals surface area contributed by atoms with Crippen LogP contribution < -0.4 is 0 Å². The third kappa shape index (κ3) is 1.10. The van der Waals surface area contributed by atoms with Crippen LogP contribution in [-0.4, -0.2) is 0 Å². The standard InChI is InChI=1S/C8H8F/c1-6-4-3-5-8(9)7(6)2/h3-5H,1H2,2H3. The molecule has 0 nitrogen and oxygen atoms in total. The molecule has 0 heterocycles. The van der Waals surface area contributed by atoms with E-state index in [0.29, 0.717) is 5.56 Å². The normalized spacial score (nSPS) is 9.67. The van der Waals surface area contributed by atoms with Crippen LogP contribution in [-0.2, 0) is 0 Å². The molecule has 9 heavy (non-hydrogen) atoms. The number of rotatable bonds is 0. The van der Waals surface area contributed by atoms with Gasteiger partial charge in [0.25, 0.3) is 0 Å². The highest BCUT2D eigenvalue weighted by atomic mass is 19.1. The Morgan fingerprint density at radius 2 is 2.11 bits per heavy atom. The summed E-state index contributed by atoms with van der Waals surface area (Å²) in [5.41, 5.74) is 1.40. The van der Waals surface area contributed by atoms with E-state index in [1.807, 2.05) is 0 Å². The number of hydrogen-bond donors (Lipinski definition) is 0. The van der Waals surface area contributed by atoms with Crippen molar-refractivity contribution in [2.45, 2.75) is 6.92 Å². The molecule has 1 aromatic carbocycles. The maximum absolute atomic E-state index is 12.5. The van der Waals surface area contributed by atoms with E-state index < -0.39 is 0 Å². The molecule has 0 bridgehead atoms. The molecule has 0 aromatic heterocycles. The first-order valence-corrected chi connectivity index (χ1v) is 2.79. The third-order valence-corrected chi connectivity index (χ3v) is 1.38. The second-order valence-electron chi connectivity index (χ2n) is 2.02. The molecule has 0 saturated carbocycles. The van der Waals surface area contributed by atoms with Gasteiger partial charge in [0.1, 0.15) is 5.82 Å². The van der Waals surface area contributed by atoms with Crippen LogP contribution in [0.3, 0.4) is 0 Å². The molecule has 47 valence electrons. The van der Waals surface area contributed by atoms with Crippen molar-refractivity contribution in [1.29, 1.82) is 0 Å². The molecule has 0 aliphatic rings. The lowest BCUT2D eigenvalue weighted by molar-refractivity contribution is 0.617. The Hall–Kier alpha value is -0.850. The van der Waals surface area contributed by atoms with Crippen LogP contribution in [0.25, 0.3) is 0 Å². The fraction of sp³-hybridized carbons (Fsp3) is 0.125. The summed E-state index contributed by atoms with van der Waals surface area (Å²) in [5, 5.41) is 0. The molecule has 0 aliphatic carbocycles. The molecular weight excluding hydrogens is 115 g/mol. The van der Waals surface area contributed by atoms with Crippen LogP contribution in [0.2, 0.25) is 0 Å². The van der Waals surface area contributed by atoms with E-state index in [0.717, 1.165) is 5.56 Å².